The van der Waals surface area contributed by atoms with Gasteiger partial charge in [0.15, 0.2) is 11.5 Å². The molecule has 3 rings (SSSR count). The molecule has 1 amide bonds. The summed E-state index contributed by atoms with van der Waals surface area (Å²) in [4.78, 5) is 18.6. The summed E-state index contributed by atoms with van der Waals surface area (Å²) in [5, 5.41) is 14.1. The van der Waals surface area contributed by atoms with Crippen LogP contribution >= 0.6 is 0 Å². The molecule has 0 radical (unpaired) electrons. The Labute approximate surface area is 219 Å². The van der Waals surface area contributed by atoms with Crippen LogP contribution in [0, 0.1) is 0 Å². The molecule has 1 aliphatic rings. The number of hydrogen-bond acceptors (Lipinski definition) is 8. The maximum atomic E-state index is 12.7. The van der Waals surface area contributed by atoms with Gasteiger partial charge in [0.05, 0.1) is 27.0 Å². The Morgan fingerprint density at radius 2 is 1.68 bits per heavy atom. The molecule has 2 aromatic carbocycles. The van der Waals surface area contributed by atoms with Gasteiger partial charge in [-0.3, -0.25) is 4.79 Å². The van der Waals surface area contributed by atoms with Gasteiger partial charge in [0.2, 0.25) is 5.75 Å². The van der Waals surface area contributed by atoms with Gasteiger partial charge in [-0.2, -0.15) is 0 Å². The van der Waals surface area contributed by atoms with Crippen molar-refractivity contribution in [3.63, 3.8) is 0 Å². The number of rotatable bonds is 5. The second-order valence-corrected chi connectivity index (χ2v) is 8.82. The standard InChI is InChI=1S/C28H40N4O5/c1-34-25-19-23-20-26(27(25)35-2)36-18-6-11-24(37-32-21-22-9-4-3-5-10-22)12-17-30-14-7-13-29-15-8-16-31-28(23)33/h3-5,9-10,19-21,24,29-30H,6-8,11-18H2,1-2H3,(H,31,33)/b32-21+/t24-/m0/s1. The molecule has 1 atom stereocenters. The molecule has 0 aromatic heterocycles. The summed E-state index contributed by atoms with van der Waals surface area (Å²) >= 11 is 0. The number of ether oxygens (including phenoxy) is 3. The second-order valence-electron chi connectivity index (χ2n) is 8.82. The van der Waals surface area contributed by atoms with E-state index in [2.05, 4.69) is 21.1 Å². The maximum absolute atomic E-state index is 12.7. The van der Waals surface area contributed by atoms with Gasteiger partial charge in [-0.15, -0.1) is 0 Å². The molecule has 2 bridgehead atoms. The number of hydrogen-bond donors (Lipinski definition) is 3. The lowest BCUT2D eigenvalue weighted by atomic mass is 10.1. The van der Waals surface area contributed by atoms with Crippen LogP contribution in [0.1, 0.15) is 48.0 Å². The number of amides is 1. The number of carbonyl (C=O) groups excluding carboxylic acids is 1. The van der Waals surface area contributed by atoms with Gasteiger partial charge in [-0.05, 0) is 76.0 Å². The van der Waals surface area contributed by atoms with Gasteiger partial charge in [-0.1, -0.05) is 35.5 Å². The lowest BCUT2D eigenvalue weighted by Crippen LogP contribution is -2.29. The number of benzene rings is 2. The topological polar surface area (TPSA) is 102 Å². The third-order valence-corrected chi connectivity index (χ3v) is 6.01. The fraction of sp³-hybridized carbons (Fsp3) is 0.500. The van der Waals surface area contributed by atoms with Gasteiger partial charge in [0, 0.05) is 12.1 Å². The van der Waals surface area contributed by atoms with Crippen molar-refractivity contribution >= 4 is 12.1 Å². The maximum Gasteiger partial charge on any atom is 0.251 e. The number of nitrogens with one attached hydrogen (secondary N) is 3. The van der Waals surface area contributed by atoms with Crippen molar-refractivity contribution in [3.8, 4) is 17.2 Å². The summed E-state index contributed by atoms with van der Waals surface area (Å²) in [6.45, 7) is 4.58. The fourth-order valence-corrected chi connectivity index (χ4v) is 4.00. The molecule has 1 aliphatic heterocycles. The Balaban J connectivity index is 1.67. The van der Waals surface area contributed by atoms with Crippen LogP contribution in [0.4, 0.5) is 0 Å². The Morgan fingerprint density at radius 3 is 2.43 bits per heavy atom. The van der Waals surface area contributed by atoms with E-state index in [4.69, 9.17) is 19.0 Å². The molecule has 0 saturated carbocycles. The zero-order chi connectivity index (χ0) is 26.1. The first kappa shape index (κ1) is 28.3. The van der Waals surface area contributed by atoms with Gasteiger partial charge in [-0.25, -0.2) is 0 Å². The molecule has 0 fully saturated rings. The Hall–Kier alpha value is -3.30. The van der Waals surface area contributed by atoms with Crippen molar-refractivity contribution in [3.05, 3.63) is 53.6 Å². The number of carbonyl (C=O) groups is 1. The lowest BCUT2D eigenvalue weighted by Gasteiger charge is -2.18. The molecule has 1 heterocycles. The molecule has 9 nitrogen and oxygen atoms in total. The highest BCUT2D eigenvalue weighted by Crippen LogP contribution is 2.38. The first-order chi connectivity index (χ1) is 18.2. The van der Waals surface area contributed by atoms with Crippen LogP contribution in [0.3, 0.4) is 0 Å². The smallest absolute Gasteiger partial charge is 0.251 e. The zero-order valence-electron chi connectivity index (χ0n) is 22.0. The van der Waals surface area contributed by atoms with E-state index in [1.165, 1.54) is 0 Å². The molecular weight excluding hydrogens is 472 g/mol. The highest BCUT2D eigenvalue weighted by atomic mass is 16.6. The lowest BCUT2D eigenvalue weighted by molar-refractivity contribution is 0.0440. The summed E-state index contributed by atoms with van der Waals surface area (Å²) in [5.74, 6) is 1.23. The predicted molar refractivity (Wildman–Crippen MR) is 145 cm³/mol. The van der Waals surface area contributed by atoms with Crippen LogP contribution < -0.4 is 30.2 Å². The monoisotopic (exact) mass is 512 g/mol. The van der Waals surface area contributed by atoms with Gasteiger partial charge < -0.3 is 35.0 Å². The first-order valence-electron chi connectivity index (χ1n) is 13.0. The van der Waals surface area contributed by atoms with E-state index in [1.54, 1.807) is 32.6 Å². The van der Waals surface area contributed by atoms with Gasteiger partial charge >= 0.3 is 0 Å². The largest absolute Gasteiger partial charge is 0.493 e. The van der Waals surface area contributed by atoms with E-state index in [-0.39, 0.29) is 12.0 Å². The van der Waals surface area contributed by atoms with Crippen molar-refractivity contribution in [2.75, 3.05) is 53.6 Å². The Morgan fingerprint density at radius 1 is 0.919 bits per heavy atom. The van der Waals surface area contributed by atoms with E-state index < -0.39 is 0 Å². The number of oxime groups is 1. The molecule has 0 spiro atoms. The minimum atomic E-state index is -0.172. The molecular formula is C28H40N4O5. The van der Waals surface area contributed by atoms with Crippen molar-refractivity contribution < 1.29 is 23.8 Å². The average molecular weight is 513 g/mol. The minimum absolute atomic E-state index is 0.0478. The van der Waals surface area contributed by atoms with E-state index in [0.29, 0.717) is 36.0 Å². The average Bonchev–Trinajstić information content (AvgIpc) is 2.92. The Kier molecular flexibility index (Phi) is 12.6. The third-order valence-electron chi connectivity index (χ3n) is 6.01. The van der Waals surface area contributed by atoms with Crippen LogP contribution in [0.5, 0.6) is 17.2 Å². The van der Waals surface area contributed by atoms with Crippen LogP contribution in [0.2, 0.25) is 0 Å². The van der Waals surface area contributed by atoms with Gasteiger partial charge in [0.1, 0.15) is 6.10 Å². The molecule has 3 N–H and O–H groups in total. The summed E-state index contributed by atoms with van der Waals surface area (Å²) in [7, 11) is 3.11. The molecule has 0 unspecified atom stereocenters. The zero-order valence-corrected chi connectivity index (χ0v) is 22.0. The summed E-state index contributed by atoms with van der Waals surface area (Å²) < 4.78 is 17.0. The van der Waals surface area contributed by atoms with Crippen molar-refractivity contribution in [1.82, 2.24) is 16.0 Å². The van der Waals surface area contributed by atoms with Crippen LogP contribution in [0.25, 0.3) is 0 Å². The summed E-state index contributed by atoms with van der Waals surface area (Å²) in [6.07, 6.45) is 5.93. The fourth-order valence-electron chi connectivity index (χ4n) is 4.00. The molecule has 37 heavy (non-hydrogen) atoms. The number of fused-ring (bicyclic) bond motifs is 2. The van der Waals surface area contributed by atoms with Crippen molar-refractivity contribution in [1.29, 1.82) is 0 Å². The summed E-state index contributed by atoms with van der Waals surface area (Å²) in [6, 6.07) is 13.3. The summed E-state index contributed by atoms with van der Waals surface area (Å²) in [5.41, 5.74) is 1.46. The van der Waals surface area contributed by atoms with Crippen LogP contribution in [-0.2, 0) is 4.84 Å². The van der Waals surface area contributed by atoms with Crippen LogP contribution in [-0.4, -0.2) is 71.8 Å². The van der Waals surface area contributed by atoms with E-state index in [0.717, 1.165) is 63.8 Å². The highest BCUT2D eigenvalue weighted by molar-refractivity contribution is 5.95. The molecule has 202 valence electrons. The van der Waals surface area contributed by atoms with Crippen molar-refractivity contribution in [2.24, 2.45) is 5.16 Å². The number of nitrogens with zero attached hydrogens (tertiary/aromatic N) is 1. The first-order valence-corrected chi connectivity index (χ1v) is 13.0. The molecule has 2 aromatic rings. The van der Waals surface area contributed by atoms with Crippen LogP contribution in [0.15, 0.2) is 47.6 Å². The predicted octanol–water partition coefficient (Wildman–Crippen LogP) is 3.38. The molecule has 9 heteroatoms. The highest BCUT2D eigenvalue weighted by Gasteiger charge is 2.18. The SMILES string of the molecule is COc1cc2cc(c1OC)OCCC[C@H](O/N=C/c1ccccc1)CCNCCCNCCCNC2=O. The Bertz CT molecular complexity index is 971. The van der Waals surface area contributed by atoms with E-state index >= 15 is 0 Å². The minimum Gasteiger partial charge on any atom is -0.493 e. The molecule has 0 saturated heterocycles. The van der Waals surface area contributed by atoms with Gasteiger partial charge in [0.25, 0.3) is 5.91 Å². The second kappa shape index (κ2) is 16.4. The third kappa shape index (κ3) is 9.93. The van der Waals surface area contributed by atoms with Crippen molar-refractivity contribution in [2.45, 2.75) is 38.2 Å². The van der Waals surface area contributed by atoms with E-state index in [9.17, 15) is 4.79 Å². The quantitative estimate of drug-likeness (QED) is 0.417. The number of methoxy groups -OCH3 is 2. The normalized spacial score (nSPS) is 18.9. The molecule has 0 aliphatic carbocycles. The van der Waals surface area contributed by atoms with E-state index in [1.807, 2.05) is 30.3 Å².